The molecule has 1 heterocycles. The molecule has 4 atom stereocenters. The molecule has 1 fully saturated rings. The number of rotatable bonds is 8. The number of aliphatic hydroxyl groups excluding tert-OH is 1. The summed E-state index contributed by atoms with van der Waals surface area (Å²) in [5, 5.41) is 26.2. The number of hydrogen-bond donors (Lipinski definition) is 2. The summed E-state index contributed by atoms with van der Waals surface area (Å²) in [6.45, 7) is 16.7. The summed E-state index contributed by atoms with van der Waals surface area (Å²) in [6, 6.07) is 6.03. The van der Waals surface area contributed by atoms with E-state index < -0.39 is 22.7 Å². The Morgan fingerprint density at radius 3 is 2.75 bits per heavy atom. The van der Waals surface area contributed by atoms with Crippen LogP contribution in [0.2, 0.25) is 0 Å². The van der Waals surface area contributed by atoms with E-state index in [-0.39, 0.29) is 13.0 Å². The number of aliphatic hydroxyl groups is 2. The van der Waals surface area contributed by atoms with Crippen LogP contribution in [0.4, 0.5) is 0 Å². The molecule has 192 valence electrons. The van der Waals surface area contributed by atoms with Crippen molar-refractivity contribution in [1.29, 1.82) is 0 Å². The van der Waals surface area contributed by atoms with Crippen molar-refractivity contribution in [3.05, 3.63) is 45.9 Å². The topological polar surface area (TPSA) is 96.2 Å². The van der Waals surface area contributed by atoms with Crippen LogP contribution in [0.1, 0.15) is 76.2 Å². The summed E-state index contributed by atoms with van der Waals surface area (Å²) >= 11 is 0. The first-order chi connectivity index (χ1) is 17.3. The van der Waals surface area contributed by atoms with Gasteiger partial charge in [-0.3, -0.25) is 4.90 Å². The van der Waals surface area contributed by atoms with Crippen molar-refractivity contribution in [1.82, 2.24) is 15.0 Å². The first-order valence-electron chi connectivity index (χ1n) is 12.8. The van der Waals surface area contributed by atoms with E-state index in [1.807, 2.05) is 12.1 Å². The fraction of sp³-hybridized carbons (Fsp3) is 0.607. The molecule has 0 spiro atoms. The highest BCUT2D eigenvalue weighted by Crippen LogP contribution is 2.59. The lowest BCUT2D eigenvalue weighted by Gasteiger charge is -2.52. The molecule has 0 bridgehead atoms. The molecule has 36 heavy (non-hydrogen) atoms. The van der Waals surface area contributed by atoms with Gasteiger partial charge in [-0.25, -0.2) is 0 Å². The van der Waals surface area contributed by atoms with Gasteiger partial charge < -0.3 is 19.5 Å². The first-order valence-corrected chi connectivity index (χ1v) is 12.8. The van der Waals surface area contributed by atoms with Gasteiger partial charge in [0.2, 0.25) is 11.7 Å². The fourth-order valence-corrected chi connectivity index (χ4v) is 6.23. The molecule has 1 aromatic heterocycles. The average molecular weight is 494 g/mol. The second-order valence-electron chi connectivity index (χ2n) is 9.97. The van der Waals surface area contributed by atoms with Crippen LogP contribution in [0.3, 0.4) is 0 Å². The predicted molar refractivity (Wildman–Crippen MR) is 137 cm³/mol. The van der Waals surface area contributed by atoms with Crippen molar-refractivity contribution >= 4 is 0 Å². The lowest BCUT2D eigenvalue weighted by Crippen LogP contribution is -2.65. The zero-order chi connectivity index (χ0) is 26.0. The van der Waals surface area contributed by atoms with Crippen LogP contribution in [0, 0.1) is 18.4 Å². The molecule has 0 aliphatic heterocycles. The summed E-state index contributed by atoms with van der Waals surface area (Å²) in [7, 11) is 0. The van der Waals surface area contributed by atoms with Crippen LogP contribution < -0.4 is 4.74 Å². The van der Waals surface area contributed by atoms with Gasteiger partial charge in [0.25, 0.3) is 12.1 Å². The molecule has 2 aliphatic carbocycles. The Morgan fingerprint density at radius 1 is 1.31 bits per heavy atom. The smallest absolute Gasteiger partial charge is 0.294 e. The SMILES string of the molecule is C#[N+][C@]12CCc3cc(OCc4noc(CN(CC)CC)n4)ccc3[C@]1(CC)C[C@H](O)[C@](O)(C#CC)C2. The quantitative estimate of drug-likeness (QED) is 0.542. The van der Waals surface area contributed by atoms with Crippen molar-refractivity contribution in [2.45, 2.75) is 95.6 Å². The molecule has 2 aromatic rings. The third-order valence-electron chi connectivity index (χ3n) is 8.27. The largest absolute Gasteiger partial charge is 0.485 e. The van der Waals surface area contributed by atoms with E-state index in [1.165, 1.54) is 0 Å². The van der Waals surface area contributed by atoms with E-state index in [2.05, 4.69) is 58.6 Å². The Hall–Kier alpha value is -2.91. The Balaban J connectivity index is 1.56. The molecule has 0 unspecified atom stereocenters. The highest BCUT2D eigenvalue weighted by atomic mass is 16.5. The van der Waals surface area contributed by atoms with Crippen LogP contribution in [0.25, 0.3) is 4.85 Å². The van der Waals surface area contributed by atoms with E-state index in [0.29, 0.717) is 31.1 Å². The molecule has 8 heteroatoms. The van der Waals surface area contributed by atoms with Gasteiger partial charge in [-0.2, -0.15) is 4.98 Å². The monoisotopic (exact) mass is 493 g/mol. The summed E-state index contributed by atoms with van der Waals surface area (Å²) in [6.07, 6.45) is 1.67. The molecule has 2 aliphatic rings. The maximum absolute atomic E-state index is 11.2. The van der Waals surface area contributed by atoms with Gasteiger partial charge in [0.05, 0.1) is 24.5 Å². The van der Waals surface area contributed by atoms with Crippen LogP contribution in [-0.2, 0) is 25.0 Å². The van der Waals surface area contributed by atoms with Gasteiger partial charge in [0.15, 0.2) is 12.2 Å². The van der Waals surface area contributed by atoms with E-state index in [1.54, 1.807) is 6.92 Å². The van der Waals surface area contributed by atoms with Crippen LogP contribution in [-0.4, -0.2) is 55.6 Å². The van der Waals surface area contributed by atoms with Crippen molar-refractivity contribution in [2.75, 3.05) is 13.1 Å². The minimum Gasteiger partial charge on any atom is -0.485 e. The van der Waals surface area contributed by atoms with Crippen molar-refractivity contribution in [3.63, 3.8) is 0 Å². The highest BCUT2D eigenvalue weighted by Gasteiger charge is 2.70. The van der Waals surface area contributed by atoms with Gasteiger partial charge in [-0.15, -0.1) is 5.92 Å². The van der Waals surface area contributed by atoms with Gasteiger partial charge in [0.1, 0.15) is 5.75 Å². The zero-order valence-electron chi connectivity index (χ0n) is 21.8. The summed E-state index contributed by atoms with van der Waals surface area (Å²) in [5.74, 6) is 7.40. The number of fused-ring (bicyclic) bond motifs is 3. The third-order valence-corrected chi connectivity index (χ3v) is 8.27. The van der Waals surface area contributed by atoms with Gasteiger partial charge in [0, 0.05) is 6.42 Å². The highest BCUT2D eigenvalue weighted by molar-refractivity contribution is 5.49. The Labute approximate surface area is 213 Å². The second-order valence-corrected chi connectivity index (χ2v) is 9.97. The summed E-state index contributed by atoms with van der Waals surface area (Å²) in [4.78, 5) is 11.0. The number of nitrogens with zero attached hydrogens (tertiary/aromatic N) is 4. The molecule has 1 saturated carbocycles. The Kier molecular flexibility index (Phi) is 7.43. The van der Waals surface area contributed by atoms with E-state index >= 15 is 0 Å². The Morgan fingerprint density at radius 2 is 2.08 bits per heavy atom. The fourth-order valence-electron chi connectivity index (χ4n) is 6.23. The molecule has 0 radical (unpaired) electrons. The average Bonchev–Trinajstić information content (AvgIpc) is 3.34. The van der Waals surface area contributed by atoms with Crippen molar-refractivity contribution in [3.8, 4) is 24.2 Å². The number of aryl methyl sites for hydroxylation is 1. The van der Waals surface area contributed by atoms with Gasteiger partial charge >= 0.3 is 0 Å². The standard InChI is InChI=1S/C28H37N4O4/c1-6-13-27(34)19-28(29-5)14-12-20-15-21(10-11-22(20)26(28,7-2)16-23(27)33)35-18-24-30-25(36-31-24)17-32(8-3)9-4/h5,10-11,15,23,33-34H,7-9,12,14,16-19H2,1-4H3/q+1/t23-,26-,27-,28-/m0/s1. The number of benzene rings is 1. The lowest BCUT2D eigenvalue weighted by molar-refractivity contribution is -0.105. The minimum absolute atomic E-state index is 0.206. The number of hydrogen-bond acceptors (Lipinski definition) is 7. The van der Waals surface area contributed by atoms with Gasteiger partial charge in [-0.05, 0) is 62.5 Å². The lowest BCUT2D eigenvalue weighted by atomic mass is 9.49. The molecular formula is C28H37N4O4+. The summed E-state index contributed by atoms with van der Waals surface area (Å²) < 4.78 is 11.4. The molecule has 1 aromatic carbocycles. The number of aromatic nitrogens is 2. The zero-order valence-corrected chi connectivity index (χ0v) is 21.8. The van der Waals surface area contributed by atoms with Crippen LogP contribution in [0.15, 0.2) is 22.7 Å². The molecule has 0 amide bonds. The molecule has 8 nitrogen and oxygen atoms in total. The van der Waals surface area contributed by atoms with E-state index in [0.717, 1.165) is 42.8 Å². The normalized spacial score (nSPS) is 29.0. The second kappa shape index (κ2) is 10.2. The maximum Gasteiger partial charge on any atom is 0.294 e. The Bertz CT molecular complexity index is 1190. The summed E-state index contributed by atoms with van der Waals surface area (Å²) in [5.41, 5.74) is -0.485. The van der Waals surface area contributed by atoms with Crippen molar-refractivity contribution in [2.24, 2.45) is 0 Å². The predicted octanol–water partition coefficient (Wildman–Crippen LogP) is 3.70. The third kappa shape index (κ3) is 4.39. The van der Waals surface area contributed by atoms with E-state index in [9.17, 15) is 10.2 Å². The molecule has 0 saturated heterocycles. The van der Waals surface area contributed by atoms with Gasteiger partial charge in [-0.1, -0.05) is 42.8 Å². The maximum atomic E-state index is 11.2. The van der Waals surface area contributed by atoms with Crippen molar-refractivity contribution < 1.29 is 19.5 Å². The first kappa shape index (κ1) is 26.2. The molecule has 4 rings (SSSR count). The van der Waals surface area contributed by atoms with E-state index in [4.69, 9.17) is 15.8 Å². The molecule has 2 N–H and O–H groups in total. The van der Waals surface area contributed by atoms with Crippen LogP contribution in [0.5, 0.6) is 5.75 Å². The van der Waals surface area contributed by atoms with Crippen LogP contribution >= 0.6 is 0 Å². The molecular weight excluding hydrogens is 456 g/mol. The number of ether oxygens (including phenoxy) is 1. The minimum atomic E-state index is -1.52.